The van der Waals surface area contributed by atoms with Gasteiger partial charge in [0.2, 0.25) is 0 Å². The smallest absolute Gasteiger partial charge is 0.111 e. The van der Waals surface area contributed by atoms with Gasteiger partial charge in [-0.25, -0.2) is 0 Å². The van der Waals surface area contributed by atoms with Crippen molar-refractivity contribution in [3.05, 3.63) is 36.3 Å². The van der Waals surface area contributed by atoms with Crippen molar-refractivity contribution in [2.75, 3.05) is 19.8 Å². The van der Waals surface area contributed by atoms with Gasteiger partial charge in [-0.3, -0.25) is 4.39 Å². The molecule has 0 rings (SSSR count). The van der Waals surface area contributed by atoms with Gasteiger partial charge in [0.1, 0.15) is 11.5 Å². The maximum Gasteiger partial charge on any atom is 0.111 e. The van der Waals surface area contributed by atoms with E-state index in [1.807, 2.05) is 0 Å². The first-order chi connectivity index (χ1) is 9.08. The average molecular weight is 273 g/mol. The van der Waals surface area contributed by atoms with Crippen LogP contribution in [0.15, 0.2) is 36.3 Å². The molecule has 0 amide bonds. The lowest BCUT2D eigenvalue weighted by Gasteiger charge is -2.00. The van der Waals surface area contributed by atoms with E-state index in [0.29, 0.717) is 6.42 Å². The van der Waals surface area contributed by atoms with Gasteiger partial charge in [0.05, 0.1) is 6.67 Å². The molecule has 0 bridgehead atoms. The number of halogens is 1. The van der Waals surface area contributed by atoms with E-state index in [-0.39, 0.29) is 18.2 Å². The summed E-state index contributed by atoms with van der Waals surface area (Å²) < 4.78 is 11.5. The summed E-state index contributed by atoms with van der Waals surface area (Å²) in [6, 6.07) is 0. The number of nitrogens with one attached hydrogen (secondary N) is 1. The van der Waals surface area contributed by atoms with Crippen LogP contribution < -0.4 is 5.32 Å². The third-order valence-electron chi connectivity index (χ3n) is 2.19. The van der Waals surface area contributed by atoms with Crippen molar-refractivity contribution in [1.29, 1.82) is 0 Å². The van der Waals surface area contributed by atoms with E-state index in [2.05, 4.69) is 18.8 Å². The van der Waals surface area contributed by atoms with Gasteiger partial charge in [0.25, 0.3) is 0 Å². The largest absolute Gasteiger partial charge is 0.509 e. The fraction of sp³-hybridized carbons (Fsp3) is 0.600. The number of hydrogen-bond donors (Lipinski definition) is 3. The molecule has 112 valence electrons. The van der Waals surface area contributed by atoms with E-state index in [0.717, 1.165) is 13.1 Å². The molecule has 0 spiro atoms. The van der Waals surface area contributed by atoms with Crippen molar-refractivity contribution >= 4 is 0 Å². The maximum absolute atomic E-state index is 11.5. The van der Waals surface area contributed by atoms with Gasteiger partial charge in [-0.1, -0.05) is 26.3 Å². The van der Waals surface area contributed by atoms with Crippen molar-refractivity contribution in [3.63, 3.8) is 0 Å². The van der Waals surface area contributed by atoms with Gasteiger partial charge in [0, 0.05) is 0 Å². The zero-order valence-electron chi connectivity index (χ0n) is 12.2. The summed E-state index contributed by atoms with van der Waals surface area (Å²) in [7, 11) is 0. The molecule has 0 aliphatic rings. The van der Waals surface area contributed by atoms with Gasteiger partial charge < -0.3 is 15.5 Å². The minimum Gasteiger partial charge on any atom is -0.509 e. The Labute approximate surface area is 116 Å². The van der Waals surface area contributed by atoms with Crippen LogP contribution in [0.1, 0.15) is 39.5 Å². The third kappa shape index (κ3) is 22.4. The Morgan fingerprint density at radius 3 is 2.26 bits per heavy atom. The highest BCUT2D eigenvalue weighted by Crippen LogP contribution is 1.92. The van der Waals surface area contributed by atoms with E-state index in [1.54, 1.807) is 6.92 Å². The van der Waals surface area contributed by atoms with Crippen molar-refractivity contribution in [2.45, 2.75) is 39.5 Å². The molecule has 0 saturated heterocycles. The van der Waals surface area contributed by atoms with Crippen molar-refractivity contribution in [1.82, 2.24) is 5.32 Å². The lowest BCUT2D eigenvalue weighted by molar-refractivity contribution is 0.423. The minimum atomic E-state index is -0.194. The molecule has 0 aromatic carbocycles. The standard InChI is InChI=1S/C8H18FN.C7H10O2/c1-2-3-4-7-10-8-5-6-9;1-3-7(9)5-4-6(2)8/h10H,2-8H2,1H3;3-5,8-9H,2H2,1H3/b;5-4-,7-3+. The summed E-state index contributed by atoms with van der Waals surface area (Å²) >= 11 is 0. The number of allylic oxidation sites excluding steroid dienone is 3. The van der Waals surface area contributed by atoms with E-state index in [4.69, 9.17) is 10.2 Å². The first-order valence-corrected chi connectivity index (χ1v) is 6.76. The molecule has 0 saturated carbocycles. The molecule has 0 aromatic heterocycles. The molecular formula is C15H28FNO2. The van der Waals surface area contributed by atoms with Crippen LogP contribution in [0.5, 0.6) is 0 Å². The van der Waals surface area contributed by atoms with Gasteiger partial charge in [-0.2, -0.15) is 0 Å². The van der Waals surface area contributed by atoms with Crippen LogP contribution in [0.3, 0.4) is 0 Å². The molecule has 0 atom stereocenters. The molecule has 0 unspecified atom stereocenters. The fourth-order valence-electron chi connectivity index (χ4n) is 1.09. The second kappa shape index (κ2) is 16.7. The molecule has 19 heavy (non-hydrogen) atoms. The van der Waals surface area contributed by atoms with Crippen molar-refractivity contribution in [2.24, 2.45) is 0 Å². The van der Waals surface area contributed by atoms with E-state index in [1.165, 1.54) is 37.5 Å². The Morgan fingerprint density at radius 1 is 1.16 bits per heavy atom. The van der Waals surface area contributed by atoms with Crippen LogP contribution in [-0.2, 0) is 0 Å². The molecule has 3 nitrogen and oxygen atoms in total. The average Bonchev–Trinajstić information content (AvgIpc) is 2.40. The maximum atomic E-state index is 11.5. The van der Waals surface area contributed by atoms with Gasteiger partial charge >= 0.3 is 0 Å². The quantitative estimate of drug-likeness (QED) is 0.335. The number of rotatable bonds is 9. The summed E-state index contributed by atoms with van der Waals surface area (Å²) in [4.78, 5) is 0. The summed E-state index contributed by atoms with van der Waals surface area (Å²) in [5.41, 5.74) is 0. The highest BCUT2D eigenvalue weighted by atomic mass is 19.1. The normalized spacial score (nSPS) is 11.2. The third-order valence-corrected chi connectivity index (χ3v) is 2.19. The molecule has 4 heteroatoms. The zero-order valence-corrected chi connectivity index (χ0v) is 12.2. The summed E-state index contributed by atoms with van der Waals surface area (Å²) in [5, 5.41) is 20.4. The number of hydrogen-bond acceptors (Lipinski definition) is 3. The first-order valence-electron chi connectivity index (χ1n) is 6.76. The second-order valence-corrected chi connectivity index (χ2v) is 4.04. The summed E-state index contributed by atoms with van der Waals surface area (Å²) in [6.45, 7) is 8.76. The van der Waals surface area contributed by atoms with Gasteiger partial charge in [-0.15, -0.1) is 0 Å². The molecular weight excluding hydrogens is 245 g/mol. The predicted molar refractivity (Wildman–Crippen MR) is 80.3 cm³/mol. The molecule has 0 radical (unpaired) electrons. The fourth-order valence-corrected chi connectivity index (χ4v) is 1.09. The predicted octanol–water partition coefficient (Wildman–Crippen LogP) is 4.20. The van der Waals surface area contributed by atoms with Crippen LogP contribution in [0, 0.1) is 0 Å². The SMILES string of the molecule is C=C(O)/C=C\C(O)=C/C.CCCCCNCCCF. The Hall–Kier alpha value is -1.29. The molecule has 0 heterocycles. The highest BCUT2D eigenvalue weighted by molar-refractivity contribution is 5.16. The molecule has 0 aliphatic heterocycles. The monoisotopic (exact) mass is 273 g/mol. The Bertz CT molecular complexity index is 255. The van der Waals surface area contributed by atoms with Crippen LogP contribution in [-0.4, -0.2) is 30.0 Å². The van der Waals surface area contributed by atoms with E-state index >= 15 is 0 Å². The first kappa shape index (κ1) is 20.0. The van der Waals surface area contributed by atoms with Crippen LogP contribution in [0.4, 0.5) is 4.39 Å². The Balaban J connectivity index is 0. The summed E-state index contributed by atoms with van der Waals surface area (Å²) in [5.74, 6) is 0.0496. The number of alkyl halides is 1. The second-order valence-electron chi connectivity index (χ2n) is 4.04. The van der Waals surface area contributed by atoms with Crippen molar-refractivity contribution < 1.29 is 14.6 Å². The van der Waals surface area contributed by atoms with E-state index in [9.17, 15) is 4.39 Å². The van der Waals surface area contributed by atoms with Gasteiger partial charge in [-0.05, 0) is 51.1 Å². The lowest BCUT2D eigenvalue weighted by Crippen LogP contribution is -2.16. The minimum absolute atomic E-state index is 0.0663. The number of aliphatic hydroxyl groups excluding tert-OH is 2. The topological polar surface area (TPSA) is 52.5 Å². The number of unbranched alkanes of at least 4 members (excludes halogenated alkanes) is 2. The summed E-state index contributed by atoms with van der Waals surface area (Å²) in [6.07, 6.45) is 8.61. The Kier molecular flexibility index (Phi) is 17.6. The molecule has 0 aliphatic carbocycles. The van der Waals surface area contributed by atoms with Crippen LogP contribution in [0.25, 0.3) is 0 Å². The Morgan fingerprint density at radius 2 is 1.79 bits per heavy atom. The highest BCUT2D eigenvalue weighted by Gasteiger charge is 1.86. The van der Waals surface area contributed by atoms with Gasteiger partial charge in [0.15, 0.2) is 0 Å². The van der Waals surface area contributed by atoms with E-state index < -0.39 is 0 Å². The lowest BCUT2D eigenvalue weighted by atomic mass is 10.2. The molecule has 0 fully saturated rings. The van der Waals surface area contributed by atoms with Crippen LogP contribution in [0.2, 0.25) is 0 Å². The number of aliphatic hydroxyl groups is 2. The molecule has 0 aromatic rings. The van der Waals surface area contributed by atoms with Crippen molar-refractivity contribution in [3.8, 4) is 0 Å². The van der Waals surface area contributed by atoms with Crippen LogP contribution >= 0.6 is 0 Å². The zero-order chi connectivity index (χ0) is 14.9. The molecule has 3 N–H and O–H groups in total.